The quantitative estimate of drug-likeness (QED) is 0.524. The van der Waals surface area contributed by atoms with Crippen molar-refractivity contribution in [1.29, 1.82) is 0 Å². The first-order chi connectivity index (χ1) is 14.0. The van der Waals surface area contributed by atoms with Gasteiger partial charge in [-0.05, 0) is 61.6 Å². The first-order valence-electron chi connectivity index (χ1n) is 10.1. The summed E-state index contributed by atoms with van der Waals surface area (Å²) in [5.74, 6) is 2.27. The van der Waals surface area contributed by atoms with Crippen molar-refractivity contribution in [2.45, 2.75) is 46.6 Å². The topological polar surface area (TPSA) is 53.4 Å². The number of fused-ring (bicyclic) bond motifs is 2. The van der Waals surface area contributed by atoms with Crippen molar-refractivity contribution in [2.75, 3.05) is 13.7 Å². The minimum atomic E-state index is 0.0774. The van der Waals surface area contributed by atoms with Crippen LogP contribution in [0.5, 0.6) is 11.5 Å². The van der Waals surface area contributed by atoms with Crippen molar-refractivity contribution >= 4 is 33.2 Å². The second-order valence-corrected chi connectivity index (χ2v) is 8.59. The van der Waals surface area contributed by atoms with Crippen LogP contribution in [0.2, 0.25) is 0 Å². The number of nitrogens with zero attached hydrogens (tertiary/aromatic N) is 2. The Hall–Kier alpha value is -2.60. The minimum Gasteiger partial charge on any atom is -0.493 e. The highest BCUT2D eigenvalue weighted by Gasteiger charge is 2.23. The molecule has 1 aromatic carbocycles. The van der Waals surface area contributed by atoms with Gasteiger partial charge in [0.25, 0.3) is 5.56 Å². The van der Waals surface area contributed by atoms with Gasteiger partial charge in [-0.15, -0.1) is 11.3 Å². The molecule has 4 rings (SSSR count). The molecule has 0 N–H and O–H groups in total. The molecule has 0 saturated heterocycles. The summed E-state index contributed by atoms with van der Waals surface area (Å²) in [5, 5.41) is 0.772. The Bertz CT molecular complexity index is 1160. The van der Waals surface area contributed by atoms with Crippen molar-refractivity contribution in [3.63, 3.8) is 0 Å². The third kappa shape index (κ3) is 3.57. The van der Waals surface area contributed by atoms with Gasteiger partial charge in [0.15, 0.2) is 11.5 Å². The number of benzene rings is 1. The molecular formula is C23H26N2O3S. The van der Waals surface area contributed by atoms with Crippen LogP contribution >= 0.6 is 11.3 Å². The van der Waals surface area contributed by atoms with Gasteiger partial charge < -0.3 is 9.47 Å². The van der Waals surface area contributed by atoms with E-state index in [0.29, 0.717) is 13.2 Å². The van der Waals surface area contributed by atoms with Crippen molar-refractivity contribution in [3.8, 4) is 11.5 Å². The molecule has 3 aromatic rings. The SMILES string of the molecule is CCCCOc1cc(/C=C2\CCn3c2nc2sc(C)c(C)c2c3=O)ccc1OC. The minimum absolute atomic E-state index is 0.0774. The average molecular weight is 411 g/mol. The fraction of sp³-hybridized carbons (Fsp3) is 0.391. The van der Waals surface area contributed by atoms with E-state index in [1.165, 1.54) is 0 Å². The van der Waals surface area contributed by atoms with Gasteiger partial charge in [-0.3, -0.25) is 9.36 Å². The van der Waals surface area contributed by atoms with Gasteiger partial charge in [-0.2, -0.15) is 0 Å². The van der Waals surface area contributed by atoms with E-state index in [1.54, 1.807) is 18.4 Å². The summed E-state index contributed by atoms with van der Waals surface area (Å²) in [6.07, 6.45) is 5.00. The smallest absolute Gasteiger partial charge is 0.262 e. The van der Waals surface area contributed by atoms with Gasteiger partial charge in [0.05, 0.1) is 19.1 Å². The molecule has 2 aromatic heterocycles. The number of rotatable bonds is 6. The molecule has 0 aliphatic carbocycles. The Balaban J connectivity index is 1.73. The van der Waals surface area contributed by atoms with Crippen LogP contribution in [0.3, 0.4) is 0 Å². The Morgan fingerprint density at radius 1 is 1.28 bits per heavy atom. The van der Waals surface area contributed by atoms with E-state index >= 15 is 0 Å². The second kappa shape index (κ2) is 8.03. The van der Waals surface area contributed by atoms with Crippen LogP contribution in [0.1, 0.15) is 48.0 Å². The molecule has 0 saturated carbocycles. The van der Waals surface area contributed by atoms with Crippen molar-refractivity contribution < 1.29 is 9.47 Å². The maximum absolute atomic E-state index is 13.0. The Kier molecular flexibility index (Phi) is 5.46. The molecule has 29 heavy (non-hydrogen) atoms. The lowest BCUT2D eigenvalue weighted by Gasteiger charge is -2.11. The fourth-order valence-corrected chi connectivity index (χ4v) is 4.70. The number of thiophene rings is 1. The van der Waals surface area contributed by atoms with Gasteiger partial charge in [0.1, 0.15) is 10.7 Å². The predicted molar refractivity (Wildman–Crippen MR) is 119 cm³/mol. The van der Waals surface area contributed by atoms with Crippen LogP contribution < -0.4 is 15.0 Å². The number of methoxy groups -OCH3 is 1. The molecule has 1 aliphatic heterocycles. The average Bonchev–Trinajstić information content (AvgIpc) is 3.24. The standard InChI is InChI=1S/C23H26N2O3S/c1-5-6-11-28-19-13-16(7-8-18(19)27-4)12-17-9-10-25-21(17)24-22-20(23(25)26)14(2)15(3)29-22/h7-8,12-13H,5-6,9-11H2,1-4H3/b17-12+. The van der Waals surface area contributed by atoms with Crippen molar-refractivity contribution in [3.05, 3.63) is 50.4 Å². The Morgan fingerprint density at radius 2 is 2.10 bits per heavy atom. The highest BCUT2D eigenvalue weighted by Crippen LogP contribution is 2.34. The molecule has 3 heterocycles. The van der Waals surface area contributed by atoms with E-state index < -0.39 is 0 Å². The maximum Gasteiger partial charge on any atom is 0.262 e. The monoisotopic (exact) mass is 410 g/mol. The third-order valence-corrected chi connectivity index (χ3v) is 6.57. The zero-order valence-corrected chi connectivity index (χ0v) is 18.2. The summed E-state index contributed by atoms with van der Waals surface area (Å²) in [6, 6.07) is 5.94. The zero-order valence-electron chi connectivity index (χ0n) is 17.4. The van der Waals surface area contributed by atoms with E-state index in [-0.39, 0.29) is 5.56 Å². The molecule has 152 valence electrons. The zero-order chi connectivity index (χ0) is 20.5. The van der Waals surface area contributed by atoms with Gasteiger partial charge >= 0.3 is 0 Å². The normalized spacial score (nSPS) is 14.6. The van der Waals surface area contributed by atoms with E-state index in [1.807, 2.05) is 36.6 Å². The van der Waals surface area contributed by atoms with Crippen molar-refractivity contribution in [2.24, 2.45) is 0 Å². The predicted octanol–water partition coefficient (Wildman–Crippen LogP) is 5.21. The Labute approximate surface area is 174 Å². The number of ether oxygens (including phenoxy) is 2. The lowest BCUT2D eigenvalue weighted by molar-refractivity contribution is 0.288. The molecule has 0 bridgehead atoms. The van der Waals surface area contributed by atoms with E-state index in [9.17, 15) is 4.79 Å². The number of hydrogen-bond donors (Lipinski definition) is 0. The highest BCUT2D eigenvalue weighted by atomic mass is 32.1. The summed E-state index contributed by atoms with van der Waals surface area (Å²) in [7, 11) is 1.65. The molecule has 0 amide bonds. The second-order valence-electron chi connectivity index (χ2n) is 7.39. The summed E-state index contributed by atoms with van der Waals surface area (Å²) in [5.41, 5.74) is 3.24. The highest BCUT2D eigenvalue weighted by molar-refractivity contribution is 7.18. The molecular weight excluding hydrogens is 384 g/mol. The number of aromatic nitrogens is 2. The third-order valence-electron chi connectivity index (χ3n) is 5.46. The van der Waals surface area contributed by atoms with E-state index in [2.05, 4.69) is 13.0 Å². The fourth-order valence-electron chi connectivity index (χ4n) is 3.68. The molecule has 6 heteroatoms. The van der Waals surface area contributed by atoms with Crippen LogP contribution in [0, 0.1) is 13.8 Å². The van der Waals surface area contributed by atoms with E-state index in [4.69, 9.17) is 14.5 Å². The molecule has 5 nitrogen and oxygen atoms in total. The molecule has 0 unspecified atom stereocenters. The number of hydrogen-bond acceptors (Lipinski definition) is 5. The molecule has 0 atom stereocenters. The molecule has 0 spiro atoms. The van der Waals surface area contributed by atoms with Crippen LogP contribution in [0.15, 0.2) is 23.0 Å². The lowest BCUT2D eigenvalue weighted by Crippen LogP contribution is -2.20. The van der Waals surface area contributed by atoms with Gasteiger partial charge in [0, 0.05) is 11.4 Å². The molecule has 0 fully saturated rings. The van der Waals surface area contributed by atoms with Gasteiger partial charge in [-0.25, -0.2) is 4.98 Å². The van der Waals surface area contributed by atoms with Crippen LogP contribution in [-0.4, -0.2) is 23.3 Å². The largest absolute Gasteiger partial charge is 0.493 e. The number of unbranched alkanes of at least 4 members (excludes halogenated alkanes) is 1. The maximum atomic E-state index is 13.0. The number of allylic oxidation sites excluding steroid dienone is 1. The summed E-state index contributed by atoms with van der Waals surface area (Å²) >= 11 is 1.60. The molecule has 1 aliphatic rings. The van der Waals surface area contributed by atoms with Gasteiger partial charge in [0.2, 0.25) is 0 Å². The molecule has 0 radical (unpaired) electrons. The lowest BCUT2D eigenvalue weighted by atomic mass is 10.1. The number of aryl methyl sites for hydroxylation is 2. The summed E-state index contributed by atoms with van der Waals surface area (Å²) in [6.45, 7) is 7.54. The summed E-state index contributed by atoms with van der Waals surface area (Å²) in [4.78, 5) is 19.8. The van der Waals surface area contributed by atoms with Crippen LogP contribution in [-0.2, 0) is 6.54 Å². The first kappa shape index (κ1) is 19.7. The van der Waals surface area contributed by atoms with E-state index in [0.717, 1.165) is 68.4 Å². The van der Waals surface area contributed by atoms with Crippen LogP contribution in [0.25, 0.3) is 21.9 Å². The van der Waals surface area contributed by atoms with Gasteiger partial charge in [-0.1, -0.05) is 19.4 Å². The first-order valence-corrected chi connectivity index (χ1v) is 10.9. The Morgan fingerprint density at radius 3 is 2.86 bits per heavy atom. The van der Waals surface area contributed by atoms with Crippen LogP contribution in [0.4, 0.5) is 0 Å². The summed E-state index contributed by atoms with van der Waals surface area (Å²) < 4.78 is 13.2. The van der Waals surface area contributed by atoms with Crippen molar-refractivity contribution in [1.82, 2.24) is 9.55 Å².